The van der Waals surface area contributed by atoms with Crippen LogP contribution < -0.4 is 0 Å². The molecule has 2 heterocycles. The summed E-state index contributed by atoms with van der Waals surface area (Å²) in [6.07, 6.45) is 2.68. The van der Waals surface area contributed by atoms with Gasteiger partial charge in [-0.2, -0.15) is 0 Å². The second-order valence-corrected chi connectivity index (χ2v) is 4.06. The molecule has 2 aliphatic rings. The van der Waals surface area contributed by atoms with Gasteiger partial charge in [0, 0.05) is 12.8 Å². The van der Waals surface area contributed by atoms with E-state index in [1.807, 2.05) is 13.8 Å². The smallest absolute Gasteiger partial charge is 0.309 e. The monoisotopic (exact) mass is 184 g/mol. The third-order valence-electron chi connectivity index (χ3n) is 3.36. The number of carbonyl (C=O) groups excluding carboxylic acids is 1. The number of carbonyl (C=O) groups is 1. The molecule has 0 aromatic heterocycles. The minimum Gasteiger partial charge on any atom is -0.456 e. The van der Waals surface area contributed by atoms with Gasteiger partial charge in [-0.25, -0.2) is 0 Å². The Labute approximate surface area is 78.4 Å². The standard InChI is InChI=1S/C10H16O3/c1-3-8-6-10(13-9(8)11)4-5-12-7(10)2/h7-8H,3-6H2,1-2H3. The highest BCUT2D eigenvalue weighted by Crippen LogP contribution is 2.42. The molecule has 0 aromatic rings. The molecule has 2 saturated heterocycles. The molecular weight excluding hydrogens is 168 g/mol. The Morgan fingerprint density at radius 3 is 2.85 bits per heavy atom. The van der Waals surface area contributed by atoms with E-state index in [0.717, 1.165) is 25.9 Å². The van der Waals surface area contributed by atoms with Crippen LogP contribution in [0.15, 0.2) is 0 Å². The van der Waals surface area contributed by atoms with Crippen LogP contribution in [0, 0.1) is 5.92 Å². The van der Waals surface area contributed by atoms with Crippen molar-refractivity contribution in [3.8, 4) is 0 Å². The molecule has 2 aliphatic heterocycles. The minimum atomic E-state index is -0.280. The number of hydrogen-bond acceptors (Lipinski definition) is 3. The lowest BCUT2D eigenvalue weighted by Crippen LogP contribution is -2.35. The maximum Gasteiger partial charge on any atom is 0.309 e. The molecule has 3 atom stereocenters. The van der Waals surface area contributed by atoms with Gasteiger partial charge >= 0.3 is 5.97 Å². The Hall–Kier alpha value is -0.570. The van der Waals surface area contributed by atoms with E-state index in [1.54, 1.807) is 0 Å². The van der Waals surface area contributed by atoms with Crippen LogP contribution in [-0.2, 0) is 14.3 Å². The molecule has 3 heteroatoms. The van der Waals surface area contributed by atoms with E-state index in [-0.39, 0.29) is 23.6 Å². The van der Waals surface area contributed by atoms with E-state index in [0.29, 0.717) is 0 Å². The molecule has 2 fully saturated rings. The fraction of sp³-hybridized carbons (Fsp3) is 0.900. The van der Waals surface area contributed by atoms with E-state index in [9.17, 15) is 4.79 Å². The molecule has 0 amide bonds. The Balaban J connectivity index is 2.14. The van der Waals surface area contributed by atoms with Crippen LogP contribution in [0.4, 0.5) is 0 Å². The zero-order chi connectivity index (χ0) is 9.47. The van der Waals surface area contributed by atoms with Gasteiger partial charge in [0.15, 0.2) is 0 Å². The van der Waals surface area contributed by atoms with Crippen LogP contribution in [0.3, 0.4) is 0 Å². The summed E-state index contributed by atoms with van der Waals surface area (Å²) in [7, 11) is 0. The normalized spacial score (nSPS) is 44.3. The summed E-state index contributed by atoms with van der Waals surface area (Å²) in [5.74, 6) is 0.0731. The van der Waals surface area contributed by atoms with Crippen LogP contribution >= 0.6 is 0 Å². The molecular formula is C10H16O3. The molecule has 0 aliphatic carbocycles. The molecule has 2 rings (SSSR count). The van der Waals surface area contributed by atoms with E-state index in [4.69, 9.17) is 9.47 Å². The van der Waals surface area contributed by atoms with Crippen molar-refractivity contribution in [3.63, 3.8) is 0 Å². The van der Waals surface area contributed by atoms with Crippen molar-refractivity contribution in [2.24, 2.45) is 5.92 Å². The first-order valence-corrected chi connectivity index (χ1v) is 5.02. The van der Waals surface area contributed by atoms with Gasteiger partial charge in [0.25, 0.3) is 0 Å². The predicted molar refractivity (Wildman–Crippen MR) is 47.3 cm³/mol. The molecule has 0 saturated carbocycles. The summed E-state index contributed by atoms with van der Waals surface area (Å²) in [5.41, 5.74) is -0.280. The van der Waals surface area contributed by atoms with Crippen LogP contribution in [-0.4, -0.2) is 24.3 Å². The van der Waals surface area contributed by atoms with Gasteiger partial charge in [0.2, 0.25) is 0 Å². The summed E-state index contributed by atoms with van der Waals surface area (Å²) < 4.78 is 10.9. The summed E-state index contributed by atoms with van der Waals surface area (Å²) in [5, 5.41) is 0. The van der Waals surface area contributed by atoms with Gasteiger partial charge < -0.3 is 9.47 Å². The largest absolute Gasteiger partial charge is 0.456 e. The van der Waals surface area contributed by atoms with Crippen LogP contribution in [0.1, 0.15) is 33.1 Å². The average Bonchev–Trinajstić information content (AvgIpc) is 2.59. The molecule has 0 bridgehead atoms. The number of ether oxygens (including phenoxy) is 2. The van der Waals surface area contributed by atoms with Gasteiger partial charge in [-0.15, -0.1) is 0 Å². The lowest BCUT2D eigenvalue weighted by molar-refractivity contribution is -0.153. The molecule has 0 N–H and O–H groups in total. The molecule has 0 radical (unpaired) electrons. The first-order chi connectivity index (χ1) is 6.18. The lowest BCUT2D eigenvalue weighted by atomic mass is 9.88. The SMILES string of the molecule is CCC1CC2(CCOC2C)OC1=O. The Morgan fingerprint density at radius 2 is 2.38 bits per heavy atom. The maximum absolute atomic E-state index is 11.4. The molecule has 13 heavy (non-hydrogen) atoms. The zero-order valence-electron chi connectivity index (χ0n) is 8.21. The van der Waals surface area contributed by atoms with Crippen molar-refractivity contribution < 1.29 is 14.3 Å². The Kier molecular flexibility index (Phi) is 2.06. The van der Waals surface area contributed by atoms with E-state index in [1.165, 1.54) is 0 Å². The van der Waals surface area contributed by atoms with Crippen LogP contribution in [0.25, 0.3) is 0 Å². The average molecular weight is 184 g/mol. The second kappa shape index (κ2) is 2.98. The van der Waals surface area contributed by atoms with Gasteiger partial charge in [0.1, 0.15) is 5.60 Å². The highest BCUT2D eigenvalue weighted by atomic mass is 16.6. The van der Waals surface area contributed by atoms with Crippen molar-refractivity contribution in [3.05, 3.63) is 0 Å². The number of hydrogen-bond donors (Lipinski definition) is 0. The molecule has 74 valence electrons. The van der Waals surface area contributed by atoms with Crippen molar-refractivity contribution in [2.75, 3.05) is 6.61 Å². The van der Waals surface area contributed by atoms with E-state index in [2.05, 4.69) is 0 Å². The lowest BCUT2D eigenvalue weighted by Gasteiger charge is -2.24. The van der Waals surface area contributed by atoms with Gasteiger partial charge in [0.05, 0.1) is 18.6 Å². The number of esters is 1. The number of rotatable bonds is 1. The molecule has 0 aromatic carbocycles. The fourth-order valence-corrected chi connectivity index (χ4v) is 2.30. The van der Waals surface area contributed by atoms with E-state index < -0.39 is 0 Å². The Bertz CT molecular complexity index is 226. The first kappa shape index (κ1) is 9.00. The quantitative estimate of drug-likeness (QED) is 0.579. The summed E-state index contributed by atoms with van der Waals surface area (Å²) in [4.78, 5) is 11.4. The van der Waals surface area contributed by atoms with Crippen LogP contribution in [0.2, 0.25) is 0 Å². The second-order valence-electron chi connectivity index (χ2n) is 4.06. The van der Waals surface area contributed by atoms with Gasteiger partial charge in [-0.3, -0.25) is 4.79 Å². The van der Waals surface area contributed by atoms with Crippen molar-refractivity contribution in [2.45, 2.75) is 44.8 Å². The highest BCUT2D eigenvalue weighted by molar-refractivity contribution is 5.75. The summed E-state index contributed by atoms with van der Waals surface area (Å²) in [6, 6.07) is 0. The molecule has 3 nitrogen and oxygen atoms in total. The molecule has 1 spiro atoms. The zero-order valence-corrected chi connectivity index (χ0v) is 8.21. The molecule has 3 unspecified atom stereocenters. The third kappa shape index (κ3) is 1.26. The first-order valence-electron chi connectivity index (χ1n) is 5.02. The fourth-order valence-electron chi connectivity index (χ4n) is 2.30. The Morgan fingerprint density at radius 1 is 1.62 bits per heavy atom. The van der Waals surface area contributed by atoms with Crippen molar-refractivity contribution in [1.82, 2.24) is 0 Å². The van der Waals surface area contributed by atoms with Gasteiger partial charge in [-0.05, 0) is 13.3 Å². The van der Waals surface area contributed by atoms with Crippen molar-refractivity contribution in [1.29, 1.82) is 0 Å². The van der Waals surface area contributed by atoms with Gasteiger partial charge in [-0.1, -0.05) is 6.92 Å². The predicted octanol–water partition coefficient (Wildman–Crippen LogP) is 1.51. The minimum absolute atomic E-state index is 0.0279. The summed E-state index contributed by atoms with van der Waals surface area (Å²) in [6.45, 7) is 4.76. The third-order valence-corrected chi connectivity index (χ3v) is 3.36. The topological polar surface area (TPSA) is 35.5 Å². The maximum atomic E-state index is 11.4. The van der Waals surface area contributed by atoms with Crippen LogP contribution in [0.5, 0.6) is 0 Å². The van der Waals surface area contributed by atoms with E-state index >= 15 is 0 Å². The highest BCUT2D eigenvalue weighted by Gasteiger charge is 2.52. The summed E-state index contributed by atoms with van der Waals surface area (Å²) >= 11 is 0. The van der Waals surface area contributed by atoms with Crippen molar-refractivity contribution >= 4 is 5.97 Å².